The topological polar surface area (TPSA) is 237 Å². The maximum atomic E-state index is 13.1. The number of aliphatic hydroxyl groups excluding tert-OH is 1. The normalized spacial score (nSPS) is 14.1. The first-order valence-corrected chi connectivity index (χ1v) is 41.0. The van der Waals surface area contributed by atoms with Crippen LogP contribution >= 0.6 is 15.6 Å². The molecule has 0 saturated heterocycles. The number of carbonyl (C=O) groups excluding carboxylic acids is 4. The van der Waals surface area contributed by atoms with E-state index in [9.17, 15) is 43.2 Å². The predicted octanol–water partition coefficient (Wildman–Crippen LogP) is 21.2. The summed E-state index contributed by atoms with van der Waals surface area (Å²) in [6.45, 7) is 9.54. The number of ether oxygens (including phenoxy) is 4. The molecule has 0 aliphatic carbocycles. The van der Waals surface area contributed by atoms with Crippen molar-refractivity contribution in [2.24, 2.45) is 11.8 Å². The Morgan fingerprint density at radius 2 is 0.500 bits per heavy atom. The van der Waals surface area contributed by atoms with Gasteiger partial charge in [-0.3, -0.25) is 37.3 Å². The van der Waals surface area contributed by atoms with Gasteiger partial charge in [0.1, 0.15) is 19.3 Å². The van der Waals surface area contributed by atoms with Crippen LogP contribution in [0.4, 0.5) is 0 Å². The summed E-state index contributed by atoms with van der Waals surface area (Å²) in [5.41, 5.74) is 0. The average Bonchev–Trinajstić information content (AvgIpc) is 1.53. The van der Waals surface area contributed by atoms with Gasteiger partial charge in [0.25, 0.3) is 0 Å². The Morgan fingerprint density at radius 3 is 0.739 bits per heavy atom. The Morgan fingerprint density at radius 1 is 0.293 bits per heavy atom. The third kappa shape index (κ3) is 66.7. The molecule has 0 aliphatic heterocycles. The lowest BCUT2D eigenvalue weighted by atomic mass is 10.0. The summed E-state index contributed by atoms with van der Waals surface area (Å²) in [4.78, 5) is 72.7. The first kappa shape index (κ1) is 90.1. The molecule has 17 nitrogen and oxygen atoms in total. The van der Waals surface area contributed by atoms with E-state index in [4.69, 9.17) is 37.0 Å². The molecule has 546 valence electrons. The van der Waals surface area contributed by atoms with Crippen LogP contribution in [0.1, 0.15) is 375 Å². The second-order valence-corrected chi connectivity index (χ2v) is 30.2. The van der Waals surface area contributed by atoms with Gasteiger partial charge in [0.05, 0.1) is 26.4 Å². The molecule has 0 bridgehead atoms. The lowest BCUT2D eigenvalue weighted by Crippen LogP contribution is -2.30. The summed E-state index contributed by atoms with van der Waals surface area (Å²) >= 11 is 0. The third-order valence-corrected chi connectivity index (χ3v) is 18.9. The van der Waals surface area contributed by atoms with Gasteiger partial charge in [0.15, 0.2) is 12.2 Å². The van der Waals surface area contributed by atoms with Gasteiger partial charge in [0.2, 0.25) is 0 Å². The van der Waals surface area contributed by atoms with Crippen molar-refractivity contribution in [3.8, 4) is 0 Å². The van der Waals surface area contributed by atoms with Gasteiger partial charge in [-0.2, -0.15) is 0 Å². The lowest BCUT2D eigenvalue weighted by Gasteiger charge is -2.21. The van der Waals surface area contributed by atoms with Gasteiger partial charge in [-0.25, -0.2) is 9.13 Å². The molecule has 0 saturated carbocycles. The van der Waals surface area contributed by atoms with Gasteiger partial charge in [-0.05, 0) is 37.5 Å². The number of phosphoric ester groups is 2. The van der Waals surface area contributed by atoms with Gasteiger partial charge in [0, 0.05) is 25.7 Å². The van der Waals surface area contributed by atoms with Crippen molar-refractivity contribution >= 4 is 39.5 Å². The number of phosphoric acid groups is 2. The molecular formula is C73H142O17P2. The Bertz CT molecular complexity index is 1790. The largest absolute Gasteiger partial charge is 0.472 e. The fourth-order valence-electron chi connectivity index (χ4n) is 11.1. The van der Waals surface area contributed by atoms with E-state index in [0.29, 0.717) is 25.7 Å². The number of hydrogen-bond donors (Lipinski definition) is 3. The molecule has 0 aromatic rings. The van der Waals surface area contributed by atoms with Gasteiger partial charge in [-0.1, -0.05) is 324 Å². The van der Waals surface area contributed by atoms with Crippen molar-refractivity contribution in [1.82, 2.24) is 0 Å². The Kier molecular flexibility index (Phi) is 63.7. The van der Waals surface area contributed by atoms with E-state index in [1.807, 2.05) is 0 Å². The van der Waals surface area contributed by atoms with Crippen molar-refractivity contribution in [3.63, 3.8) is 0 Å². The summed E-state index contributed by atoms with van der Waals surface area (Å²) in [7, 11) is -9.91. The van der Waals surface area contributed by atoms with Crippen molar-refractivity contribution in [2.75, 3.05) is 39.6 Å². The molecule has 0 fully saturated rings. The Labute approximate surface area is 562 Å². The summed E-state index contributed by atoms with van der Waals surface area (Å²) in [5, 5.41) is 10.6. The highest BCUT2D eigenvalue weighted by molar-refractivity contribution is 7.47. The number of carbonyl (C=O) groups is 4. The number of esters is 4. The average molecular weight is 1350 g/mol. The molecule has 2 unspecified atom stereocenters. The zero-order chi connectivity index (χ0) is 67.9. The molecule has 5 atom stereocenters. The fourth-order valence-corrected chi connectivity index (χ4v) is 12.7. The van der Waals surface area contributed by atoms with E-state index in [0.717, 1.165) is 102 Å². The molecule has 0 spiro atoms. The minimum Gasteiger partial charge on any atom is -0.462 e. The van der Waals surface area contributed by atoms with E-state index in [2.05, 4.69) is 41.5 Å². The summed E-state index contributed by atoms with van der Waals surface area (Å²) in [6, 6.07) is 0. The first-order chi connectivity index (χ1) is 44.4. The molecule has 0 heterocycles. The quantitative estimate of drug-likeness (QED) is 0.0222. The maximum absolute atomic E-state index is 13.1. The predicted molar refractivity (Wildman–Crippen MR) is 372 cm³/mol. The Hall–Kier alpha value is -1.94. The van der Waals surface area contributed by atoms with Crippen molar-refractivity contribution < 1.29 is 80.2 Å². The molecule has 0 radical (unpaired) electrons. The highest BCUT2D eigenvalue weighted by Crippen LogP contribution is 2.45. The van der Waals surface area contributed by atoms with Gasteiger partial charge < -0.3 is 33.8 Å². The van der Waals surface area contributed by atoms with Crippen LogP contribution in [0, 0.1) is 11.8 Å². The molecule has 0 aromatic heterocycles. The molecule has 0 aromatic carbocycles. The zero-order valence-corrected chi connectivity index (χ0v) is 61.6. The molecular weight excluding hydrogens is 1210 g/mol. The highest BCUT2D eigenvalue weighted by Gasteiger charge is 2.30. The van der Waals surface area contributed by atoms with Gasteiger partial charge >= 0.3 is 39.5 Å². The second kappa shape index (κ2) is 65.0. The second-order valence-electron chi connectivity index (χ2n) is 27.3. The standard InChI is InChI=1S/C73H142O17P2/c1-7-9-11-13-15-17-19-21-23-25-31-37-43-49-55-70(75)83-61-68(89-72(77)57-51-45-39-32-26-24-22-20-18-16-14-12-10-8-2)63-87-91(79,80)85-59-67(74)60-86-92(81,82)88-64-69(90-73(78)58-52-46-40-34-28-30-36-42-48-54-66(5)6)62-84-71(76)56-50-44-38-33-27-29-35-41-47-53-65(3)4/h65-69,74H,7-64H2,1-6H3,(H,79,80)(H,81,82)/t67-,68-,69-/m1/s1. The number of rotatable bonds is 72. The van der Waals surface area contributed by atoms with Crippen LogP contribution < -0.4 is 0 Å². The minimum absolute atomic E-state index is 0.105. The van der Waals surface area contributed by atoms with E-state index >= 15 is 0 Å². The molecule has 3 N–H and O–H groups in total. The van der Waals surface area contributed by atoms with Crippen LogP contribution in [-0.4, -0.2) is 96.7 Å². The smallest absolute Gasteiger partial charge is 0.462 e. The monoisotopic (exact) mass is 1350 g/mol. The molecule has 19 heteroatoms. The molecule has 0 amide bonds. The minimum atomic E-state index is -4.95. The SMILES string of the molecule is CCCCCCCCCCCCCCCCC(=O)OC[C@H](COP(=O)(O)OC[C@@H](O)COP(=O)(O)OC[C@@H](COC(=O)CCCCCCCCCCCC(C)C)OC(=O)CCCCCCCCCCCC(C)C)OC(=O)CCCCCCCCCCCCCCCC. The lowest BCUT2D eigenvalue weighted by molar-refractivity contribution is -0.161. The van der Waals surface area contributed by atoms with Crippen LogP contribution in [0.15, 0.2) is 0 Å². The first-order valence-electron chi connectivity index (χ1n) is 38.0. The van der Waals surface area contributed by atoms with E-state index in [-0.39, 0.29) is 25.7 Å². The van der Waals surface area contributed by atoms with Crippen LogP contribution in [0.5, 0.6) is 0 Å². The summed E-state index contributed by atoms with van der Waals surface area (Å²) in [6.07, 6.45) is 51.2. The number of aliphatic hydroxyl groups is 1. The van der Waals surface area contributed by atoms with Crippen LogP contribution in [0.25, 0.3) is 0 Å². The maximum Gasteiger partial charge on any atom is 0.472 e. The molecule has 0 rings (SSSR count). The molecule has 92 heavy (non-hydrogen) atoms. The fraction of sp³-hybridized carbons (Fsp3) is 0.945. The van der Waals surface area contributed by atoms with Crippen molar-refractivity contribution in [2.45, 2.75) is 394 Å². The van der Waals surface area contributed by atoms with E-state index in [1.54, 1.807) is 0 Å². The van der Waals surface area contributed by atoms with Crippen LogP contribution in [-0.2, 0) is 65.4 Å². The van der Waals surface area contributed by atoms with Crippen molar-refractivity contribution in [3.05, 3.63) is 0 Å². The summed E-state index contributed by atoms with van der Waals surface area (Å²) in [5.74, 6) is -0.638. The van der Waals surface area contributed by atoms with Crippen LogP contribution in [0.2, 0.25) is 0 Å². The zero-order valence-electron chi connectivity index (χ0n) is 59.9. The number of hydrogen-bond acceptors (Lipinski definition) is 15. The highest BCUT2D eigenvalue weighted by atomic mass is 31.2. The van der Waals surface area contributed by atoms with Crippen LogP contribution in [0.3, 0.4) is 0 Å². The summed E-state index contributed by atoms with van der Waals surface area (Å²) < 4.78 is 68.4. The molecule has 0 aliphatic rings. The van der Waals surface area contributed by atoms with Gasteiger partial charge in [-0.15, -0.1) is 0 Å². The van der Waals surface area contributed by atoms with Crippen molar-refractivity contribution in [1.29, 1.82) is 0 Å². The third-order valence-electron chi connectivity index (χ3n) is 17.0. The van der Waals surface area contributed by atoms with E-state index in [1.165, 1.54) is 193 Å². The van der Waals surface area contributed by atoms with E-state index < -0.39 is 97.5 Å². The Balaban J connectivity index is 5.26. The number of unbranched alkanes of at least 4 members (excludes halogenated alkanes) is 42.